The Kier molecular flexibility index (Phi) is 5.20. The summed E-state index contributed by atoms with van der Waals surface area (Å²) in [6.07, 6.45) is 2.93. The van der Waals surface area contributed by atoms with E-state index >= 15 is 0 Å². The van der Waals surface area contributed by atoms with Gasteiger partial charge in [0.25, 0.3) is 0 Å². The molecule has 0 spiro atoms. The molecule has 0 bridgehead atoms. The minimum atomic E-state index is 0.495. The highest BCUT2D eigenvalue weighted by atomic mass is 35.5. The number of rotatable bonds is 6. The van der Waals surface area contributed by atoms with E-state index in [4.69, 9.17) is 17.0 Å². The van der Waals surface area contributed by atoms with Crippen LogP contribution in [0.25, 0.3) is 11.5 Å². The maximum absolute atomic E-state index is 7.70. The zero-order chi connectivity index (χ0) is 17.6. The van der Waals surface area contributed by atoms with Crippen LogP contribution in [-0.4, -0.2) is 28.2 Å². The van der Waals surface area contributed by atoms with Crippen LogP contribution < -0.4 is 10.6 Å². The first-order valence-corrected chi connectivity index (χ1v) is 8.09. The Balaban J connectivity index is 1.95. The van der Waals surface area contributed by atoms with Gasteiger partial charge in [0.2, 0.25) is 0 Å². The van der Waals surface area contributed by atoms with Crippen LogP contribution in [0.2, 0.25) is 5.02 Å². The largest absolute Gasteiger partial charge is 0.372 e. The van der Waals surface area contributed by atoms with Crippen molar-refractivity contribution in [2.75, 3.05) is 17.7 Å². The molecule has 0 aliphatic heterocycles. The lowest BCUT2D eigenvalue weighted by molar-refractivity contribution is 1.07. The Morgan fingerprint density at radius 1 is 1.08 bits per heavy atom. The van der Waals surface area contributed by atoms with Crippen molar-refractivity contribution < 1.29 is 0 Å². The van der Waals surface area contributed by atoms with Gasteiger partial charge in [-0.3, -0.25) is 4.98 Å². The van der Waals surface area contributed by atoms with E-state index in [2.05, 4.69) is 25.6 Å². The summed E-state index contributed by atoms with van der Waals surface area (Å²) in [7, 11) is 1.76. The van der Waals surface area contributed by atoms with Crippen LogP contribution in [0.5, 0.6) is 0 Å². The second kappa shape index (κ2) is 7.72. The fraction of sp³-hybridized carbons (Fsp3) is 0.111. The topological polar surface area (TPSA) is 86.6 Å². The minimum absolute atomic E-state index is 0.495. The molecule has 1 aromatic carbocycles. The number of anilines is 2. The average Bonchev–Trinajstić information content (AvgIpc) is 2.67. The molecule has 0 unspecified atom stereocenters. The first-order valence-electron chi connectivity index (χ1n) is 7.71. The molecule has 2 aromatic heterocycles. The Hall–Kier alpha value is -2.99. The monoisotopic (exact) mass is 352 g/mol. The maximum atomic E-state index is 7.70. The van der Waals surface area contributed by atoms with Crippen molar-refractivity contribution in [3.8, 4) is 11.5 Å². The number of aromatic nitrogens is 3. The number of nitrogens with zero attached hydrogens (tertiary/aromatic N) is 3. The number of hydrogen-bond donors (Lipinski definition) is 3. The van der Waals surface area contributed by atoms with Gasteiger partial charge in [-0.1, -0.05) is 29.8 Å². The molecule has 0 fully saturated rings. The predicted molar refractivity (Wildman–Crippen MR) is 101 cm³/mol. The summed E-state index contributed by atoms with van der Waals surface area (Å²) in [5.41, 5.74) is 2.32. The fourth-order valence-corrected chi connectivity index (χ4v) is 2.46. The molecule has 0 radical (unpaired) electrons. The third-order valence-corrected chi connectivity index (χ3v) is 3.85. The number of benzene rings is 1. The molecule has 7 heteroatoms. The standard InChI is InChI=1S/C18H17ClN6/c1-21-16-14(10-20)17(23-11-12-5-7-13(19)8-6-12)25-18(24-16)15-4-2-3-9-22-15/h2-10,20H,11H2,1H3,(H2,21,23,24,25). The van der Waals surface area contributed by atoms with Gasteiger partial charge in [0.1, 0.15) is 17.3 Å². The molecular formula is C18H17ClN6. The molecule has 0 amide bonds. The predicted octanol–water partition coefficient (Wildman–Crippen LogP) is 3.84. The Bertz CT molecular complexity index is 865. The van der Waals surface area contributed by atoms with Crippen molar-refractivity contribution in [2.45, 2.75) is 6.54 Å². The zero-order valence-corrected chi connectivity index (χ0v) is 14.4. The van der Waals surface area contributed by atoms with Crippen LogP contribution in [0.3, 0.4) is 0 Å². The quantitative estimate of drug-likeness (QED) is 0.587. The molecule has 2 heterocycles. The normalized spacial score (nSPS) is 10.3. The highest BCUT2D eigenvalue weighted by Gasteiger charge is 2.13. The SMILES string of the molecule is CNc1nc(-c2ccccn2)nc(NCc2ccc(Cl)cc2)c1C=N. The third kappa shape index (κ3) is 3.92. The van der Waals surface area contributed by atoms with Gasteiger partial charge in [-0.05, 0) is 29.8 Å². The third-order valence-electron chi connectivity index (χ3n) is 3.59. The summed E-state index contributed by atoms with van der Waals surface area (Å²) in [5.74, 6) is 1.64. The van der Waals surface area contributed by atoms with Gasteiger partial charge >= 0.3 is 0 Å². The summed E-state index contributed by atoms with van der Waals surface area (Å²) >= 11 is 5.92. The van der Waals surface area contributed by atoms with Gasteiger partial charge < -0.3 is 16.0 Å². The zero-order valence-electron chi connectivity index (χ0n) is 13.6. The van der Waals surface area contributed by atoms with E-state index in [1.807, 2.05) is 42.5 Å². The van der Waals surface area contributed by atoms with E-state index in [1.165, 1.54) is 6.21 Å². The summed E-state index contributed by atoms with van der Waals surface area (Å²) < 4.78 is 0. The second-order valence-corrected chi connectivity index (χ2v) is 5.68. The van der Waals surface area contributed by atoms with Crippen LogP contribution in [0.4, 0.5) is 11.6 Å². The molecule has 0 saturated heterocycles. The van der Waals surface area contributed by atoms with E-state index in [0.717, 1.165) is 5.56 Å². The van der Waals surface area contributed by atoms with Crippen molar-refractivity contribution in [1.82, 2.24) is 15.0 Å². The van der Waals surface area contributed by atoms with Gasteiger partial charge in [-0.15, -0.1) is 0 Å². The summed E-state index contributed by atoms with van der Waals surface area (Å²) in [6, 6.07) is 13.1. The molecule has 3 aromatic rings. The van der Waals surface area contributed by atoms with Crippen LogP contribution >= 0.6 is 11.6 Å². The Labute approximate surface area is 150 Å². The molecule has 0 aliphatic carbocycles. The van der Waals surface area contributed by atoms with E-state index in [-0.39, 0.29) is 0 Å². The number of hydrogen-bond acceptors (Lipinski definition) is 6. The van der Waals surface area contributed by atoms with Crippen LogP contribution in [-0.2, 0) is 6.54 Å². The lowest BCUT2D eigenvalue weighted by atomic mass is 10.2. The lowest BCUT2D eigenvalue weighted by Gasteiger charge is -2.13. The Morgan fingerprint density at radius 2 is 1.84 bits per heavy atom. The highest BCUT2D eigenvalue weighted by molar-refractivity contribution is 6.30. The molecule has 0 aliphatic rings. The fourth-order valence-electron chi connectivity index (χ4n) is 2.33. The smallest absolute Gasteiger partial charge is 0.182 e. The molecule has 3 rings (SSSR count). The first-order chi connectivity index (χ1) is 12.2. The van der Waals surface area contributed by atoms with Gasteiger partial charge in [0.15, 0.2) is 5.82 Å². The lowest BCUT2D eigenvalue weighted by Crippen LogP contribution is -2.10. The van der Waals surface area contributed by atoms with Crippen LogP contribution in [0, 0.1) is 5.41 Å². The number of nitrogens with one attached hydrogen (secondary N) is 3. The van der Waals surface area contributed by atoms with E-state index in [9.17, 15) is 0 Å². The van der Waals surface area contributed by atoms with Crippen molar-refractivity contribution in [1.29, 1.82) is 5.41 Å². The molecule has 3 N–H and O–H groups in total. The molecule has 0 saturated carbocycles. The summed E-state index contributed by atoms with van der Waals surface area (Å²) in [5, 5.41) is 14.7. The van der Waals surface area contributed by atoms with Gasteiger partial charge in [-0.2, -0.15) is 0 Å². The van der Waals surface area contributed by atoms with E-state index < -0.39 is 0 Å². The summed E-state index contributed by atoms with van der Waals surface area (Å²) in [4.78, 5) is 13.3. The molecule has 0 atom stereocenters. The van der Waals surface area contributed by atoms with Crippen LogP contribution in [0.1, 0.15) is 11.1 Å². The number of pyridine rings is 1. The number of halogens is 1. The molecule has 126 valence electrons. The van der Waals surface area contributed by atoms with Gasteiger partial charge in [-0.25, -0.2) is 9.97 Å². The van der Waals surface area contributed by atoms with Crippen molar-refractivity contribution in [3.05, 3.63) is 64.8 Å². The van der Waals surface area contributed by atoms with Crippen molar-refractivity contribution >= 4 is 29.5 Å². The molecule has 25 heavy (non-hydrogen) atoms. The van der Waals surface area contributed by atoms with Crippen molar-refractivity contribution in [3.63, 3.8) is 0 Å². The van der Waals surface area contributed by atoms with Gasteiger partial charge in [0.05, 0.1) is 5.56 Å². The minimum Gasteiger partial charge on any atom is -0.372 e. The average molecular weight is 353 g/mol. The summed E-state index contributed by atoms with van der Waals surface area (Å²) in [6.45, 7) is 0.555. The van der Waals surface area contributed by atoms with Crippen LogP contribution in [0.15, 0.2) is 48.7 Å². The highest BCUT2D eigenvalue weighted by Crippen LogP contribution is 2.24. The van der Waals surface area contributed by atoms with E-state index in [0.29, 0.717) is 40.3 Å². The maximum Gasteiger partial charge on any atom is 0.182 e. The first kappa shape index (κ1) is 16.9. The molecule has 6 nitrogen and oxygen atoms in total. The van der Waals surface area contributed by atoms with Gasteiger partial charge in [0, 0.05) is 31.0 Å². The second-order valence-electron chi connectivity index (χ2n) is 5.25. The van der Waals surface area contributed by atoms with E-state index in [1.54, 1.807) is 13.2 Å². The van der Waals surface area contributed by atoms with Crippen molar-refractivity contribution in [2.24, 2.45) is 0 Å². The Morgan fingerprint density at radius 3 is 2.48 bits per heavy atom. The molecular weight excluding hydrogens is 336 g/mol.